The molecule has 4 nitrogen and oxygen atoms in total. The minimum Gasteiger partial charge on any atom is -0.741 e. The van der Waals surface area contributed by atoms with Crippen molar-refractivity contribution in [3.63, 3.8) is 0 Å². The fourth-order valence-corrected chi connectivity index (χ4v) is 3.78. The topological polar surface area (TPSA) is 74.3 Å². The molecule has 0 unspecified atom stereocenters. The van der Waals surface area contributed by atoms with Gasteiger partial charge in [0.15, 0.2) is 21.7 Å². The molecule has 0 aliphatic heterocycles. The van der Waals surface area contributed by atoms with Gasteiger partial charge in [-0.25, -0.2) is 8.42 Å². The van der Waals surface area contributed by atoms with Crippen molar-refractivity contribution in [1.82, 2.24) is 0 Å². The molecule has 0 aliphatic rings. The van der Waals surface area contributed by atoms with Crippen LogP contribution >= 0.6 is 0 Å². The Morgan fingerprint density at radius 2 is 1.50 bits per heavy atom. The average Bonchev–Trinajstić information content (AvgIpc) is 2.30. The second kappa shape index (κ2) is 10.5. The summed E-state index contributed by atoms with van der Waals surface area (Å²) in [5.74, 6) is 1.28. The molecule has 0 amide bonds. The van der Waals surface area contributed by atoms with Crippen LogP contribution < -0.4 is 0 Å². The van der Waals surface area contributed by atoms with Gasteiger partial charge in [0, 0.05) is 6.42 Å². The lowest BCUT2D eigenvalue weighted by molar-refractivity contribution is -0.116. The number of alkyl halides is 3. The summed E-state index contributed by atoms with van der Waals surface area (Å²) in [6.45, 7) is 11.1. The largest absolute Gasteiger partial charge is 0.741 e. The minimum absolute atomic E-state index is 0.289. The molecule has 22 heavy (non-hydrogen) atoms. The van der Waals surface area contributed by atoms with Gasteiger partial charge in [-0.1, -0.05) is 13.3 Å². The predicted molar refractivity (Wildman–Crippen MR) is 82.8 cm³/mol. The van der Waals surface area contributed by atoms with E-state index in [0.717, 1.165) is 25.0 Å². The lowest BCUT2D eigenvalue weighted by Gasteiger charge is -2.14. The van der Waals surface area contributed by atoms with E-state index in [1.165, 1.54) is 0 Å². The Balaban J connectivity index is 0. The standard InChI is InChI=1S/C12H25OS.CHF3O3S/c1-6-7-8-12(13)9-14(10(2)3)11(4)5;2-1(3,4)8(5,6)7/h10-11H,6-9H2,1-5H3;(H,5,6,7)/q+1;/p-1. The Bertz CT molecular complexity index is 409. The zero-order valence-electron chi connectivity index (χ0n) is 13.6. The summed E-state index contributed by atoms with van der Waals surface area (Å²) in [5.41, 5.74) is -5.65. The van der Waals surface area contributed by atoms with Crippen LogP contribution in [0.15, 0.2) is 0 Å². The summed E-state index contributed by atoms with van der Waals surface area (Å²) < 4.78 is 58.9. The smallest absolute Gasteiger partial charge is 0.485 e. The highest BCUT2D eigenvalue weighted by Crippen LogP contribution is 2.20. The van der Waals surface area contributed by atoms with Gasteiger partial charge in [0.1, 0.15) is 10.5 Å². The maximum absolute atomic E-state index is 11.6. The lowest BCUT2D eigenvalue weighted by atomic mass is 10.2. The number of hydrogen-bond donors (Lipinski definition) is 0. The van der Waals surface area contributed by atoms with E-state index >= 15 is 0 Å². The van der Waals surface area contributed by atoms with Crippen molar-refractivity contribution < 1.29 is 30.9 Å². The first-order valence-corrected chi connectivity index (χ1v) is 9.89. The number of Topliss-reactive ketones (excluding diaryl/α,β-unsaturated/α-hetero) is 1. The number of rotatable bonds is 7. The second-order valence-corrected chi connectivity index (χ2v) is 9.74. The van der Waals surface area contributed by atoms with Gasteiger partial charge >= 0.3 is 5.51 Å². The van der Waals surface area contributed by atoms with Gasteiger partial charge in [-0.05, 0) is 45.0 Å². The van der Waals surface area contributed by atoms with E-state index in [1.54, 1.807) is 0 Å². The number of halogens is 3. The van der Waals surface area contributed by atoms with E-state index < -0.39 is 15.6 Å². The molecule has 9 heteroatoms. The molecule has 0 saturated heterocycles. The quantitative estimate of drug-likeness (QED) is 0.394. The second-order valence-electron chi connectivity index (χ2n) is 5.25. The van der Waals surface area contributed by atoms with Crippen LogP contribution in [-0.4, -0.2) is 40.5 Å². The van der Waals surface area contributed by atoms with Gasteiger partial charge in [-0.2, -0.15) is 13.2 Å². The summed E-state index contributed by atoms with van der Waals surface area (Å²) in [4.78, 5) is 11.6. The summed E-state index contributed by atoms with van der Waals surface area (Å²) in [6.07, 6.45) is 2.98. The normalized spacial score (nSPS) is 12.5. The Labute approximate surface area is 134 Å². The zero-order chi connectivity index (χ0) is 18.1. The van der Waals surface area contributed by atoms with Gasteiger partial charge in [0.2, 0.25) is 0 Å². The first kappa shape index (κ1) is 24.0. The van der Waals surface area contributed by atoms with E-state index in [-0.39, 0.29) is 10.9 Å². The summed E-state index contributed by atoms with van der Waals surface area (Å²) in [7, 11) is -5.80. The van der Waals surface area contributed by atoms with Gasteiger partial charge in [-0.3, -0.25) is 4.79 Å². The molecule has 134 valence electrons. The molecule has 0 radical (unpaired) electrons. The van der Waals surface area contributed by atoms with Gasteiger partial charge in [0.05, 0.1) is 0 Å². The minimum atomic E-state index is -6.09. The lowest BCUT2D eigenvalue weighted by Crippen LogP contribution is -2.31. The summed E-state index contributed by atoms with van der Waals surface area (Å²) in [6, 6.07) is 0. The van der Waals surface area contributed by atoms with Crippen molar-refractivity contribution in [1.29, 1.82) is 0 Å². The number of ketones is 1. The van der Waals surface area contributed by atoms with E-state index in [1.807, 2.05) is 0 Å². The zero-order valence-corrected chi connectivity index (χ0v) is 15.2. The molecule has 0 fully saturated rings. The average molecular weight is 366 g/mol. The maximum atomic E-state index is 11.6. The van der Waals surface area contributed by atoms with Crippen molar-refractivity contribution in [2.45, 2.75) is 69.9 Å². The highest BCUT2D eigenvalue weighted by molar-refractivity contribution is 7.98. The SMILES string of the molecule is CCCCC(=O)C[S+](C(C)C)C(C)C.O=S(=O)([O-])C(F)(F)F. The molecule has 0 rings (SSSR count). The number of carbonyl (C=O) groups is 1. The molecule has 0 N–H and O–H groups in total. The van der Waals surface area contributed by atoms with Crippen LogP contribution in [0.2, 0.25) is 0 Å². The van der Waals surface area contributed by atoms with E-state index in [0.29, 0.717) is 16.3 Å². The molecule has 0 aromatic carbocycles. The van der Waals surface area contributed by atoms with Crippen LogP contribution in [0.25, 0.3) is 0 Å². The van der Waals surface area contributed by atoms with E-state index in [4.69, 9.17) is 13.0 Å². The number of unbranched alkanes of at least 4 members (excludes halogenated alkanes) is 1. The molecule has 0 aromatic heterocycles. The number of hydrogen-bond acceptors (Lipinski definition) is 4. The predicted octanol–water partition coefficient (Wildman–Crippen LogP) is 3.23. The Hall–Kier alpha value is -0.280. The molecule has 0 saturated carbocycles. The van der Waals surface area contributed by atoms with Crippen molar-refractivity contribution in [3.05, 3.63) is 0 Å². The van der Waals surface area contributed by atoms with Crippen molar-refractivity contribution in [2.24, 2.45) is 0 Å². The third-order valence-corrected chi connectivity index (χ3v) is 6.28. The maximum Gasteiger partial charge on any atom is 0.485 e. The Kier molecular flexibility index (Phi) is 11.4. The van der Waals surface area contributed by atoms with E-state index in [9.17, 15) is 18.0 Å². The summed E-state index contributed by atoms with van der Waals surface area (Å²) in [5, 5.41) is 1.31. The molecule has 0 aliphatic carbocycles. The van der Waals surface area contributed by atoms with Crippen molar-refractivity contribution >= 4 is 26.8 Å². The molecular weight excluding hydrogens is 341 g/mol. The van der Waals surface area contributed by atoms with Crippen LogP contribution in [-0.2, 0) is 25.8 Å². The van der Waals surface area contributed by atoms with Gasteiger partial charge < -0.3 is 4.55 Å². The first-order chi connectivity index (χ1) is 9.74. The van der Waals surface area contributed by atoms with Crippen molar-refractivity contribution in [2.75, 3.05) is 5.75 Å². The fraction of sp³-hybridized carbons (Fsp3) is 0.923. The first-order valence-electron chi connectivity index (χ1n) is 6.96. The van der Waals surface area contributed by atoms with Gasteiger partial charge in [-0.15, -0.1) is 0 Å². The van der Waals surface area contributed by atoms with Crippen LogP contribution in [0.3, 0.4) is 0 Å². The van der Waals surface area contributed by atoms with Crippen LogP contribution in [0.5, 0.6) is 0 Å². The Morgan fingerprint density at radius 3 is 1.73 bits per heavy atom. The monoisotopic (exact) mass is 366 g/mol. The molecule has 0 aromatic rings. The van der Waals surface area contributed by atoms with Crippen molar-refractivity contribution in [3.8, 4) is 0 Å². The molecule has 0 atom stereocenters. The summed E-state index contributed by atoms with van der Waals surface area (Å²) >= 11 is 0. The highest BCUT2D eigenvalue weighted by atomic mass is 32.2. The third kappa shape index (κ3) is 11.3. The molecule has 0 heterocycles. The van der Waals surface area contributed by atoms with Crippen LogP contribution in [0.4, 0.5) is 13.2 Å². The van der Waals surface area contributed by atoms with Crippen LogP contribution in [0.1, 0.15) is 53.9 Å². The number of carbonyl (C=O) groups excluding carboxylic acids is 1. The highest BCUT2D eigenvalue weighted by Gasteiger charge is 2.36. The van der Waals surface area contributed by atoms with E-state index in [2.05, 4.69) is 34.6 Å². The Morgan fingerprint density at radius 1 is 1.14 bits per heavy atom. The molecular formula is C13H25F3O4S2. The van der Waals surface area contributed by atoms with Gasteiger partial charge in [0.25, 0.3) is 0 Å². The molecule has 0 spiro atoms. The molecule has 0 bridgehead atoms. The third-order valence-electron chi connectivity index (χ3n) is 2.63. The van der Waals surface area contributed by atoms with Crippen LogP contribution in [0, 0.1) is 0 Å². The fourth-order valence-electron chi connectivity index (χ4n) is 1.51.